The summed E-state index contributed by atoms with van der Waals surface area (Å²) in [6.45, 7) is 0.526. The number of nitrogens with zero attached hydrogens (tertiary/aromatic N) is 1. The molecule has 1 aromatic carbocycles. The Morgan fingerprint density at radius 2 is 1.96 bits per heavy atom. The second kappa shape index (κ2) is 10.0. The number of alkyl carbamates (subject to hydrolysis) is 1. The van der Waals surface area contributed by atoms with Gasteiger partial charge in [0, 0.05) is 13.6 Å². The molecule has 0 aliphatic rings. The number of carbonyl (C=O) groups excluding carboxylic acids is 2. The Hall–Kier alpha value is -2.77. The molecule has 0 radical (unpaired) electrons. The summed E-state index contributed by atoms with van der Waals surface area (Å²) in [5.74, 6) is -0.303. The predicted molar refractivity (Wildman–Crippen MR) is 87.5 cm³/mol. The van der Waals surface area contributed by atoms with Crippen LogP contribution in [0.5, 0.6) is 0 Å². The summed E-state index contributed by atoms with van der Waals surface area (Å²) in [5, 5.41) is 5.04. The maximum absolute atomic E-state index is 11.8. The quantitative estimate of drug-likeness (QED) is 0.306. The zero-order chi connectivity index (χ0) is 17.1. The van der Waals surface area contributed by atoms with Crippen LogP contribution in [0.25, 0.3) is 0 Å². The predicted octanol–water partition coefficient (Wildman–Crippen LogP) is 0.0810. The molecular formula is C15H23N5O3. The van der Waals surface area contributed by atoms with E-state index in [2.05, 4.69) is 15.6 Å². The molecule has 1 rings (SSSR count). The zero-order valence-electron chi connectivity index (χ0n) is 13.1. The molecule has 0 saturated heterocycles. The number of likely N-dealkylation sites (N-methyl/N-ethyl adjacent to an activating group) is 1. The lowest BCUT2D eigenvalue weighted by atomic mass is 10.1. The van der Waals surface area contributed by atoms with Crippen LogP contribution in [0, 0.1) is 0 Å². The average molecular weight is 321 g/mol. The Morgan fingerprint density at radius 3 is 2.57 bits per heavy atom. The van der Waals surface area contributed by atoms with E-state index in [-0.39, 0.29) is 18.5 Å². The molecule has 0 aliphatic heterocycles. The molecule has 0 aromatic heterocycles. The summed E-state index contributed by atoms with van der Waals surface area (Å²) < 4.78 is 5.10. The van der Waals surface area contributed by atoms with Crippen molar-refractivity contribution in [2.75, 3.05) is 13.6 Å². The normalized spacial score (nSPS) is 11.2. The topological polar surface area (TPSA) is 132 Å². The molecule has 23 heavy (non-hydrogen) atoms. The SMILES string of the molecule is CNC(=O)[C@H](CCCN=C(N)N)NC(=O)OCc1ccccc1. The van der Waals surface area contributed by atoms with Crippen molar-refractivity contribution >= 4 is 18.0 Å². The van der Waals surface area contributed by atoms with Crippen LogP contribution < -0.4 is 22.1 Å². The Bertz CT molecular complexity index is 529. The number of rotatable bonds is 8. The molecule has 0 saturated carbocycles. The van der Waals surface area contributed by atoms with Gasteiger partial charge in [-0.15, -0.1) is 0 Å². The average Bonchev–Trinajstić information content (AvgIpc) is 2.55. The molecule has 0 heterocycles. The van der Waals surface area contributed by atoms with Crippen LogP contribution in [0.1, 0.15) is 18.4 Å². The van der Waals surface area contributed by atoms with E-state index < -0.39 is 12.1 Å². The van der Waals surface area contributed by atoms with Gasteiger partial charge in [-0.1, -0.05) is 30.3 Å². The van der Waals surface area contributed by atoms with Gasteiger partial charge in [0.05, 0.1) is 0 Å². The fourth-order valence-electron chi connectivity index (χ4n) is 1.85. The van der Waals surface area contributed by atoms with Crippen molar-refractivity contribution in [1.82, 2.24) is 10.6 Å². The van der Waals surface area contributed by atoms with Gasteiger partial charge in [-0.05, 0) is 18.4 Å². The van der Waals surface area contributed by atoms with Crippen LogP contribution in [-0.4, -0.2) is 37.6 Å². The Morgan fingerprint density at radius 1 is 1.26 bits per heavy atom. The highest BCUT2D eigenvalue weighted by Gasteiger charge is 2.19. The van der Waals surface area contributed by atoms with Gasteiger partial charge < -0.3 is 26.8 Å². The van der Waals surface area contributed by atoms with Crippen molar-refractivity contribution in [1.29, 1.82) is 0 Å². The van der Waals surface area contributed by atoms with Crippen molar-refractivity contribution in [3.63, 3.8) is 0 Å². The van der Waals surface area contributed by atoms with E-state index in [0.29, 0.717) is 19.4 Å². The maximum Gasteiger partial charge on any atom is 0.408 e. The number of hydrogen-bond acceptors (Lipinski definition) is 4. The molecule has 8 nitrogen and oxygen atoms in total. The first kappa shape index (κ1) is 18.3. The number of carbonyl (C=O) groups is 2. The molecule has 2 amide bonds. The molecule has 0 aliphatic carbocycles. The van der Waals surface area contributed by atoms with Gasteiger partial charge in [-0.25, -0.2) is 4.79 Å². The van der Waals surface area contributed by atoms with Crippen LogP contribution in [0.4, 0.5) is 4.79 Å². The van der Waals surface area contributed by atoms with Gasteiger partial charge in [-0.2, -0.15) is 0 Å². The summed E-state index contributed by atoms with van der Waals surface area (Å²) in [4.78, 5) is 27.4. The largest absolute Gasteiger partial charge is 0.445 e. The van der Waals surface area contributed by atoms with E-state index in [1.165, 1.54) is 7.05 Å². The summed E-state index contributed by atoms with van der Waals surface area (Å²) in [7, 11) is 1.50. The number of amides is 2. The second-order valence-electron chi connectivity index (χ2n) is 4.82. The molecule has 0 bridgehead atoms. The Balaban J connectivity index is 2.44. The zero-order valence-corrected chi connectivity index (χ0v) is 13.1. The van der Waals surface area contributed by atoms with E-state index in [9.17, 15) is 9.59 Å². The highest BCUT2D eigenvalue weighted by molar-refractivity contribution is 5.85. The van der Waals surface area contributed by atoms with Crippen LogP contribution in [-0.2, 0) is 16.1 Å². The second-order valence-corrected chi connectivity index (χ2v) is 4.82. The minimum Gasteiger partial charge on any atom is -0.445 e. The van der Waals surface area contributed by atoms with E-state index in [1.54, 1.807) is 0 Å². The molecule has 1 atom stereocenters. The third-order valence-electron chi connectivity index (χ3n) is 3.01. The molecule has 0 unspecified atom stereocenters. The molecular weight excluding hydrogens is 298 g/mol. The number of guanidine groups is 1. The summed E-state index contributed by atoms with van der Waals surface area (Å²) in [6.07, 6.45) is 0.301. The number of nitrogens with two attached hydrogens (primary N) is 2. The van der Waals surface area contributed by atoms with Crippen LogP contribution in [0.3, 0.4) is 0 Å². The number of benzene rings is 1. The van der Waals surface area contributed by atoms with Gasteiger partial charge in [0.1, 0.15) is 12.6 Å². The lowest BCUT2D eigenvalue weighted by Crippen LogP contribution is -2.45. The minimum atomic E-state index is -0.697. The van der Waals surface area contributed by atoms with Crippen molar-refractivity contribution in [3.8, 4) is 0 Å². The van der Waals surface area contributed by atoms with Gasteiger partial charge >= 0.3 is 6.09 Å². The van der Waals surface area contributed by atoms with E-state index >= 15 is 0 Å². The molecule has 0 fully saturated rings. The van der Waals surface area contributed by atoms with Crippen LogP contribution in [0.15, 0.2) is 35.3 Å². The Kier molecular flexibility index (Phi) is 7.98. The third kappa shape index (κ3) is 7.70. The fourth-order valence-corrected chi connectivity index (χ4v) is 1.85. The van der Waals surface area contributed by atoms with E-state index in [4.69, 9.17) is 16.2 Å². The number of nitrogens with one attached hydrogen (secondary N) is 2. The smallest absolute Gasteiger partial charge is 0.408 e. The minimum absolute atomic E-state index is 0.00303. The van der Waals surface area contributed by atoms with Crippen molar-refractivity contribution in [2.24, 2.45) is 16.5 Å². The number of ether oxygens (including phenoxy) is 1. The first-order valence-electron chi connectivity index (χ1n) is 7.27. The van der Waals surface area contributed by atoms with Gasteiger partial charge in [0.25, 0.3) is 0 Å². The maximum atomic E-state index is 11.8. The van der Waals surface area contributed by atoms with Crippen molar-refractivity contribution in [3.05, 3.63) is 35.9 Å². The Labute approximate surface area is 135 Å². The molecule has 1 aromatic rings. The van der Waals surface area contributed by atoms with Gasteiger partial charge in [-0.3, -0.25) is 9.79 Å². The summed E-state index contributed by atoms with van der Waals surface area (Å²) >= 11 is 0. The molecule has 0 spiro atoms. The number of aliphatic imine (C=N–C) groups is 1. The summed E-state index contributed by atoms with van der Waals surface area (Å²) in [5.41, 5.74) is 11.3. The third-order valence-corrected chi connectivity index (χ3v) is 3.01. The monoisotopic (exact) mass is 321 g/mol. The molecule has 126 valence electrons. The molecule has 8 heteroatoms. The highest BCUT2D eigenvalue weighted by Crippen LogP contribution is 2.03. The first-order valence-corrected chi connectivity index (χ1v) is 7.27. The van der Waals surface area contributed by atoms with E-state index in [0.717, 1.165) is 5.56 Å². The highest BCUT2D eigenvalue weighted by atomic mass is 16.5. The lowest BCUT2D eigenvalue weighted by Gasteiger charge is -2.16. The van der Waals surface area contributed by atoms with Gasteiger partial charge in [0.2, 0.25) is 5.91 Å². The standard InChI is InChI=1S/C15H23N5O3/c1-18-13(21)12(8-5-9-19-14(16)17)20-15(22)23-10-11-6-3-2-4-7-11/h2-4,6-7,12H,5,8-10H2,1H3,(H,18,21)(H,20,22)(H4,16,17,19)/t12-/m0/s1. The van der Waals surface area contributed by atoms with E-state index in [1.807, 2.05) is 30.3 Å². The fraction of sp³-hybridized carbons (Fsp3) is 0.400. The molecule has 6 N–H and O–H groups in total. The first-order chi connectivity index (χ1) is 11.0. The van der Waals surface area contributed by atoms with Crippen molar-refractivity contribution < 1.29 is 14.3 Å². The lowest BCUT2D eigenvalue weighted by molar-refractivity contribution is -0.122. The van der Waals surface area contributed by atoms with Crippen LogP contribution >= 0.6 is 0 Å². The van der Waals surface area contributed by atoms with Crippen LogP contribution in [0.2, 0.25) is 0 Å². The summed E-state index contributed by atoms with van der Waals surface area (Å²) in [6, 6.07) is 8.58. The number of hydrogen-bond donors (Lipinski definition) is 4. The van der Waals surface area contributed by atoms with Gasteiger partial charge in [0.15, 0.2) is 5.96 Å². The van der Waals surface area contributed by atoms with Crippen molar-refractivity contribution in [2.45, 2.75) is 25.5 Å².